The third-order valence-corrected chi connectivity index (χ3v) is 7.95. The van der Waals surface area contributed by atoms with Crippen LogP contribution in [0.15, 0.2) is 11.6 Å². The second kappa shape index (κ2) is 10.5. The number of esters is 1. The van der Waals surface area contributed by atoms with Crippen molar-refractivity contribution in [2.24, 2.45) is 11.8 Å². The van der Waals surface area contributed by atoms with Gasteiger partial charge in [-0.15, -0.1) is 0 Å². The smallest absolute Gasteiger partial charge is 0.330 e. The highest BCUT2D eigenvalue weighted by atomic mass is 16.6. The van der Waals surface area contributed by atoms with E-state index < -0.39 is 0 Å². The molecule has 0 spiro atoms. The molecule has 0 aromatic rings. The maximum Gasteiger partial charge on any atom is 0.330 e. The van der Waals surface area contributed by atoms with Crippen molar-refractivity contribution in [1.82, 2.24) is 21.1 Å². The molecule has 0 aromatic heterocycles. The number of ether oxygens (including phenoxy) is 3. The van der Waals surface area contributed by atoms with Crippen molar-refractivity contribution < 1.29 is 19.0 Å². The highest BCUT2D eigenvalue weighted by Crippen LogP contribution is 2.34. The maximum absolute atomic E-state index is 11.9. The summed E-state index contributed by atoms with van der Waals surface area (Å²) in [4.78, 5) is 11.9. The summed E-state index contributed by atoms with van der Waals surface area (Å²) < 4.78 is 17.1. The standard InChI is InChI=1S/C24H40N4O4/c1-16-4-2-5-17(12-16)20-7-9-28(27-20)22-14-21(18-8-11-31-23(29)13-18)25-24(26-22)32-15-19-6-3-10-30-19/h13,16-17,19-22,24-27H,2-12,14-15H2,1H3. The monoisotopic (exact) mass is 448 g/mol. The van der Waals surface area contributed by atoms with Gasteiger partial charge in [-0.3, -0.25) is 16.1 Å². The van der Waals surface area contributed by atoms with Crippen molar-refractivity contribution in [3.05, 3.63) is 11.6 Å². The van der Waals surface area contributed by atoms with E-state index in [-0.39, 0.29) is 30.6 Å². The Hall–Kier alpha value is -1.03. The first-order valence-electron chi connectivity index (χ1n) is 12.8. The third kappa shape index (κ3) is 5.54. The molecule has 5 rings (SSSR count). The fourth-order valence-electron chi connectivity index (χ4n) is 6.18. The molecule has 4 heterocycles. The first-order chi connectivity index (χ1) is 15.6. The Morgan fingerprint density at radius 2 is 2.06 bits per heavy atom. The van der Waals surface area contributed by atoms with Crippen molar-refractivity contribution >= 4 is 5.97 Å². The molecule has 4 fully saturated rings. The van der Waals surface area contributed by atoms with Crippen LogP contribution >= 0.6 is 0 Å². The molecule has 180 valence electrons. The summed E-state index contributed by atoms with van der Waals surface area (Å²) in [7, 11) is 0. The van der Waals surface area contributed by atoms with E-state index in [1.165, 1.54) is 32.1 Å². The molecule has 0 amide bonds. The van der Waals surface area contributed by atoms with Crippen LogP contribution < -0.4 is 16.1 Å². The van der Waals surface area contributed by atoms with Crippen molar-refractivity contribution in [3.63, 3.8) is 0 Å². The average Bonchev–Trinajstić information content (AvgIpc) is 3.50. The zero-order chi connectivity index (χ0) is 21.9. The first kappa shape index (κ1) is 22.7. The van der Waals surface area contributed by atoms with Gasteiger partial charge in [0.2, 0.25) is 0 Å². The number of hydrogen-bond donors (Lipinski definition) is 3. The number of cyclic esters (lactones) is 1. The lowest BCUT2D eigenvalue weighted by atomic mass is 9.78. The number of carbonyl (C=O) groups is 1. The zero-order valence-corrected chi connectivity index (χ0v) is 19.4. The summed E-state index contributed by atoms with van der Waals surface area (Å²) in [6, 6.07) is 0.669. The van der Waals surface area contributed by atoms with Crippen molar-refractivity contribution in [2.75, 3.05) is 26.4 Å². The lowest BCUT2D eigenvalue weighted by Gasteiger charge is -2.42. The van der Waals surface area contributed by atoms with E-state index in [0.717, 1.165) is 56.2 Å². The Morgan fingerprint density at radius 3 is 2.88 bits per heavy atom. The van der Waals surface area contributed by atoms with Crippen LogP contribution in [0.25, 0.3) is 0 Å². The number of hydrogen-bond acceptors (Lipinski definition) is 8. The summed E-state index contributed by atoms with van der Waals surface area (Å²) in [5.41, 5.74) is 4.97. The number of rotatable bonds is 6. The predicted molar refractivity (Wildman–Crippen MR) is 120 cm³/mol. The number of hydrazine groups is 1. The Bertz CT molecular complexity index is 683. The molecule has 32 heavy (non-hydrogen) atoms. The van der Waals surface area contributed by atoms with Gasteiger partial charge in [-0.2, -0.15) is 0 Å². The highest BCUT2D eigenvalue weighted by molar-refractivity contribution is 5.83. The van der Waals surface area contributed by atoms with Gasteiger partial charge < -0.3 is 14.2 Å². The van der Waals surface area contributed by atoms with Crippen molar-refractivity contribution in [1.29, 1.82) is 0 Å². The van der Waals surface area contributed by atoms with Gasteiger partial charge in [0.1, 0.15) is 0 Å². The summed E-state index contributed by atoms with van der Waals surface area (Å²) in [5, 5.41) is 9.64. The Kier molecular flexibility index (Phi) is 7.46. The van der Waals surface area contributed by atoms with E-state index in [2.05, 4.69) is 28.0 Å². The molecule has 1 saturated carbocycles. The van der Waals surface area contributed by atoms with Crippen LogP contribution in [-0.2, 0) is 19.0 Å². The molecule has 3 saturated heterocycles. The molecular weight excluding hydrogens is 408 g/mol. The summed E-state index contributed by atoms with van der Waals surface area (Å²) in [6.07, 6.45) is 12.2. The zero-order valence-electron chi connectivity index (χ0n) is 19.4. The molecule has 8 nitrogen and oxygen atoms in total. The van der Waals surface area contributed by atoms with E-state index in [1.54, 1.807) is 6.08 Å². The highest BCUT2D eigenvalue weighted by Gasteiger charge is 2.39. The molecule has 7 atom stereocenters. The van der Waals surface area contributed by atoms with Gasteiger partial charge in [0.15, 0.2) is 6.35 Å². The minimum absolute atomic E-state index is 0.0964. The van der Waals surface area contributed by atoms with Gasteiger partial charge in [0.05, 0.1) is 25.5 Å². The summed E-state index contributed by atoms with van der Waals surface area (Å²) >= 11 is 0. The van der Waals surface area contributed by atoms with Gasteiger partial charge in [-0.25, -0.2) is 9.80 Å². The molecule has 0 radical (unpaired) electrons. The maximum atomic E-state index is 11.9. The van der Waals surface area contributed by atoms with Crippen LogP contribution in [-0.4, -0.2) is 68.0 Å². The topological polar surface area (TPSA) is 84.1 Å². The van der Waals surface area contributed by atoms with Gasteiger partial charge in [0, 0.05) is 37.7 Å². The summed E-state index contributed by atoms with van der Waals surface area (Å²) in [5.74, 6) is 1.40. The van der Waals surface area contributed by atoms with Crippen LogP contribution in [0.2, 0.25) is 0 Å². The van der Waals surface area contributed by atoms with Gasteiger partial charge in [-0.05, 0) is 55.9 Å². The second-order valence-corrected chi connectivity index (χ2v) is 10.4. The summed E-state index contributed by atoms with van der Waals surface area (Å²) in [6.45, 7) is 5.32. The van der Waals surface area contributed by atoms with E-state index in [0.29, 0.717) is 19.3 Å². The number of carbonyl (C=O) groups excluding carboxylic acids is 1. The normalized spacial score (nSPS) is 41.5. The quantitative estimate of drug-likeness (QED) is 0.533. The Morgan fingerprint density at radius 1 is 1.12 bits per heavy atom. The molecule has 4 aliphatic heterocycles. The lowest BCUT2D eigenvalue weighted by molar-refractivity contribution is -0.138. The predicted octanol–water partition coefficient (Wildman–Crippen LogP) is 2.02. The van der Waals surface area contributed by atoms with Crippen LogP contribution in [0.4, 0.5) is 0 Å². The van der Waals surface area contributed by atoms with Crippen molar-refractivity contribution in [2.45, 2.75) is 95.4 Å². The van der Waals surface area contributed by atoms with Crippen LogP contribution in [0.3, 0.4) is 0 Å². The first-order valence-corrected chi connectivity index (χ1v) is 12.8. The van der Waals surface area contributed by atoms with Crippen molar-refractivity contribution in [3.8, 4) is 0 Å². The van der Waals surface area contributed by atoms with Gasteiger partial charge in [-0.1, -0.05) is 19.8 Å². The van der Waals surface area contributed by atoms with E-state index >= 15 is 0 Å². The lowest BCUT2D eigenvalue weighted by Crippen LogP contribution is -2.66. The molecule has 0 bridgehead atoms. The minimum Gasteiger partial charge on any atom is -0.462 e. The van der Waals surface area contributed by atoms with Crippen LogP contribution in [0.5, 0.6) is 0 Å². The minimum atomic E-state index is -0.266. The Labute approximate surface area is 191 Å². The molecule has 8 heteroatoms. The molecule has 3 N–H and O–H groups in total. The molecule has 7 unspecified atom stereocenters. The van der Waals surface area contributed by atoms with E-state index in [1.807, 2.05) is 0 Å². The van der Waals surface area contributed by atoms with Gasteiger partial charge in [0.25, 0.3) is 0 Å². The Balaban J connectivity index is 1.23. The fourth-order valence-corrected chi connectivity index (χ4v) is 6.18. The van der Waals surface area contributed by atoms with E-state index in [9.17, 15) is 4.79 Å². The fraction of sp³-hybridized carbons (Fsp3) is 0.875. The van der Waals surface area contributed by atoms with Crippen LogP contribution in [0.1, 0.15) is 64.7 Å². The number of nitrogens with zero attached hydrogens (tertiary/aromatic N) is 1. The third-order valence-electron chi connectivity index (χ3n) is 7.95. The molecule has 0 aromatic carbocycles. The van der Waals surface area contributed by atoms with Gasteiger partial charge >= 0.3 is 5.97 Å². The SMILES string of the molecule is CC1CCCC(C2CCN(C3CC(C4=CC(=O)OCC4)NC(OCC4CCCO4)N3)N2)C1. The van der Waals surface area contributed by atoms with E-state index in [4.69, 9.17) is 14.2 Å². The molecule has 5 aliphatic rings. The molecular formula is C24H40N4O4. The average molecular weight is 449 g/mol. The van der Waals surface area contributed by atoms with Crippen LogP contribution in [0, 0.1) is 11.8 Å². The molecule has 1 aliphatic carbocycles. The second-order valence-electron chi connectivity index (χ2n) is 10.4. The largest absolute Gasteiger partial charge is 0.462 e. The number of nitrogens with one attached hydrogen (secondary N) is 3.